The van der Waals surface area contributed by atoms with E-state index >= 15 is 0 Å². The number of aromatic nitrogens is 3. The minimum atomic E-state index is -0.152. The zero-order valence-electron chi connectivity index (χ0n) is 18.2. The van der Waals surface area contributed by atoms with Gasteiger partial charge in [0.2, 0.25) is 5.91 Å². The zero-order chi connectivity index (χ0) is 21.8. The normalized spacial score (nSPS) is 16.5. The summed E-state index contributed by atoms with van der Waals surface area (Å²) in [6, 6.07) is 14.4. The number of rotatable bonds is 6. The molecule has 0 N–H and O–H groups in total. The van der Waals surface area contributed by atoms with Crippen molar-refractivity contribution >= 4 is 22.6 Å². The zero-order valence-corrected chi connectivity index (χ0v) is 18.2. The van der Waals surface area contributed by atoms with Crippen LogP contribution in [0.5, 0.6) is 0 Å². The Kier molecular flexibility index (Phi) is 6.30. The lowest BCUT2D eigenvalue weighted by Gasteiger charge is -2.34. The van der Waals surface area contributed by atoms with Crippen LogP contribution >= 0.6 is 0 Å². The Morgan fingerprint density at radius 3 is 2.68 bits per heavy atom. The van der Waals surface area contributed by atoms with E-state index in [1.165, 1.54) is 10.8 Å². The molecule has 3 aromatic rings. The molecule has 2 heterocycles. The number of carbonyl (C=O) groups is 2. The van der Waals surface area contributed by atoms with Gasteiger partial charge in [0.05, 0.1) is 18.7 Å². The standard InChI is InChI=1S/C24H29N5O2/c1-3-27(4-2)23(30)20-12-8-14-28(15-20)24(31)22-17-29(26-25-22)16-19-11-7-10-18-9-5-6-13-21(18)19/h5-7,9-11,13,17,20H,3-4,8,12,14-16H2,1-2H3/t20-/m1/s1. The van der Waals surface area contributed by atoms with Crippen molar-refractivity contribution < 1.29 is 9.59 Å². The molecule has 1 aliphatic rings. The molecule has 1 fully saturated rings. The van der Waals surface area contributed by atoms with Crippen LogP contribution in [0, 0.1) is 5.92 Å². The lowest BCUT2D eigenvalue weighted by Crippen LogP contribution is -2.46. The summed E-state index contributed by atoms with van der Waals surface area (Å²) in [6.07, 6.45) is 3.36. The molecule has 0 aliphatic carbocycles. The lowest BCUT2D eigenvalue weighted by atomic mass is 9.96. The van der Waals surface area contributed by atoms with Gasteiger partial charge in [0.1, 0.15) is 0 Å². The average molecular weight is 420 g/mol. The summed E-state index contributed by atoms with van der Waals surface area (Å²) in [5.41, 5.74) is 1.46. The van der Waals surface area contributed by atoms with E-state index in [9.17, 15) is 9.59 Å². The highest BCUT2D eigenvalue weighted by Crippen LogP contribution is 2.21. The van der Waals surface area contributed by atoms with E-state index in [2.05, 4.69) is 34.6 Å². The molecule has 1 saturated heterocycles. The van der Waals surface area contributed by atoms with Crippen LogP contribution < -0.4 is 0 Å². The second-order valence-corrected chi connectivity index (χ2v) is 8.04. The van der Waals surface area contributed by atoms with E-state index in [1.807, 2.05) is 36.9 Å². The molecule has 1 aromatic heterocycles. The summed E-state index contributed by atoms with van der Waals surface area (Å²) in [5, 5.41) is 10.7. The summed E-state index contributed by atoms with van der Waals surface area (Å²) in [4.78, 5) is 29.4. The van der Waals surface area contributed by atoms with Crippen LogP contribution in [0.2, 0.25) is 0 Å². The van der Waals surface area contributed by atoms with Crippen LogP contribution in [0.1, 0.15) is 42.7 Å². The Labute approximate surface area is 182 Å². The summed E-state index contributed by atoms with van der Waals surface area (Å²) in [6.45, 7) is 7.01. The van der Waals surface area contributed by atoms with E-state index in [4.69, 9.17) is 0 Å². The SMILES string of the molecule is CCN(CC)C(=O)[C@@H]1CCCN(C(=O)c2cn(Cc3cccc4ccccc34)nn2)C1. The van der Waals surface area contributed by atoms with E-state index in [1.54, 1.807) is 15.8 Å². The number of fused-ring (bicyclic) bond motifs is 1. The van der Waals surface area contributed by atoms with Gasteiger partial charge < -0.3 is 9.80 Å². The van der Waals surface area contributed by atoms with Gasteiger partial charge in [-0.1, -0.05) is 47.7 Å². The third-order valence-corrected chi connectivity index (χ3v) is 6.10. The van der Waals surface area contributed by atoms with Crippen molar-refractivity contribution in [1.82, 2.24) is 24.8 Å². The average Bonchev–Trinajstić information content (AvgIpc) is 3.28. The lowest BCUT2D eigenvalue weighted by molar-refractivity contribution is -0.136. The van der Waals surface area contributed by atoms with Crippen LogP contribution in [0.4, 0.5) is 0 Å². The Bertz CT molecular complexity index is 1070. The predicted octanol–water partition coefficient (Wildman–Crippen LogP) is 3.20. The monoisotopic (exact) mass is 419 g/mol. The number of piperidine rings is 1. The van der Waals surface area contributed by atoms with Crippen molar-refractivity contribution in [1.29, 1.82) is 0 Å². The van der Waals surface area contributed by atoms with Crippen molar-refractivity contribution in [2.45, 2.75) is 33.2 Å². The molecule has 1 atom stereocenters. The number of hydrogen-bond donors (Lipinski definition) is 0. The van der Waals surface area contributed by atoms with E-state index < -0.39 is 0 Å². The van der Waals surface area contributed by atoms with Gasteiger partial charge in [-0.25, -0.2) is 4.68 Å². The number of carbonyl (C=O) groups excluding carboxylic acids is 2. The van der Waals surface area contributed by atoms with Crippen molar-refractivity contribution in [3.05, 3.63) is 59.9 Å². The van der Waals surface area contributed by atoms with Gasteiger partial charge in [-0.2, -0.15) is 0 Å². The summed E-state index contributed by atoms with van der Waals surface area (Å²) < 4.78 is 1.71. The van der Waals surface area contributed by atoms with E-state index in [0.29, 0.717) is 38.4 Å². The molecule has 7 heteroatoms. The Morgan fingerprint density at radius 1 is 1.10 bits per heavy atom. The highest BCUT2D eigenvalue weighted by Gasteiger charge is 2.31. The fourth-order valence-electron chi connectivity index (χ4n) is 4.40. The fraction of sp³-hybridized carbons (Fsp3) is 0.417. The molecular weight excluding hydrogens is 390 g/mol. The number of hydrogen-bond acceptors (Lipinski definition) is 4. The van der Waals surface area contributed by atoms with Gasteiger partial charge in [0, 0.05) is 26.2 Å². The molecule has 162 valence electrons. The van der Waals surface area contributed by atoms with Crippen molar-refractivity contribution in [3.8, 4) is 0 Å². The Morgan fingerprint density at radius 2 is 1.87 bits per heavy atom. The van der Waals surface area contributed by atoms with Crippen LogP contribution in [-0.2, 0) is 11.3 Å². The maximum atomic E-state index is 13.0. The predicted molar refractivity (Wildman–Crippen MR) is 120 cm³/mol. The smallest absolute Gasteiger partial charge is 0.276 e. The van der Waals surface area contributed by atoms with Gasteiger partial charge in [-0.05, 0) is 43.0 Å². The quantitative estimate of drug-likeness (QED) is 0.615. The first-order valence-corrected chi connectivity index (χ1v) is 11.1. The molecule has 2 aromatic carbocycles. The molecule has 0 bridgehead atoms. The summed E-state index contributed by atoms with van der Waals surface area (Å²) >= 11 is 0. The molecule has 0 unspecified atom stereocenters. The third kappa shape index (κ3) is 4.45. The molecule has 4 rings (SSSR count). The molecule has 2 amide bonds. The third-order valence-electron chi connectivity index (χ3n) is 6.10. The second kappa shape index (κ2) is 9.29. The highest BCUT2D eigenvalue weighted by molar-refractivity contribution is 5.92. The van der Waals surface area contributed by atoms with Gasteiger partial charge >= 0.3 is 0 Å². The van der Waals surface area contributed by atoms with Gasteiger partial charge in [0.15, 0.2) is 5.69 Å². The number of amides is 2. The van der Waals surface area contributed by atoms with E-state index in [0.717, 1.165) is 18.4 Å². The first-order chi connectivity index (χ1) is 15.1. The number of nitrogens with zero attached hydrogens (tertiary/aromatic N) is 5. The van der Waals surface area contributed by atoms with E-state index in [-0.39, 0.29) is 17.7 Å². The van der Waals surface area contributed by atoms with Gasteiger partial charge in [0.25, 0.3) is 5.91 Å². The summed E-state index contributed by atoms with van der Waals surface area (Å²) in [7, 11) is 0. The number of likely N-dealkylation sites (tertiary alicyclic amines) is 1. The summed E-state index contributed by atoms with van der Waals surface area (Å²) in [5.74, 6) is -0.147. The maximum Gasteiger partial charge on any atom is 0.276 e. The van der Waals surface area contributed by atoms with Crippen LogP contribution in [0.25, 0.3) is 10.8 Å². The van der Waals surface area contributed by atoms with Crippen LogP contribution in [-0.4, -0.2) is 62.8 Å². The minimum Gasteiger partial charge on any atom is -0.343 e. The second-order valence-electron chi connectivity index (χ2n) is 8.04. The van der Waals surface area contributed by atoms with Crippen LogP contribution in [0.15, 0.2) is 48.7 Å². The van der Waals surface area contributed by atoms with Crippen molar-refractivity contribution in [2.24, 2.45) is 5.92 Å². The first kappa shape index (κ1) is 21.0. The minimum absolute atomic E-state index is 0.136. The number of benzene rings is 2. The largest absolute Gasteiger partial charge is 0.343 e. The van der Waals surface area contributed by atoms with Gasteiger partial charge in [-0.3, -0.25) is 9.59 Å². The topological polar surface area (TPSA) is 71.3 Å². The maximum absolute atomic E-state index is 13.0. The highest BCUT2D eigenvalue weighted by atomic mass is 16.2. The molecular formula is C24H29N5O2. The fourth-order valence-corrected chi connectivity index (χ4v) is 4.40. The Hall–Kier alpha value is -3.22. The Balaban J connectivity index is 1.46. The first-order valence-electron chi connectivity index (χ1n) is 11.1. The van der Waals surface area contributed by atoms with Crippen molar-refractivity contribution in [3.63, 3.8) is 0 Å². The molecule has 0 saturated carbocycles. The molecule has 7 nitrogen and oxygen atoms in total. The van der Waals surface area contributed by atoms with Crippen molar-refractivity contribution in [2.75, 3.05) is 26.2 Å². The molecule has 1 aliphatic heterocycles. The van der Waals surface area contributed by atoms with Gasteiger partial charge in [-0.15, -0.1) is 5.10 Å². The molecule has 31 heavy (non-hydrogen) atoms. The molecule has 0 radical (unpaired) electrons. The molecule has 0 spiro atoms. The van der Waals surface area contributed by atoms with Crippen LogP contribution in [0.3, 0.4) is 0 Å².